The Morgan fingerprint density at radius 2 is 2.10 bits per heavy atom. The van der Waals surface area contributed by atoms with Crippen LogP contribution in [0.5, 0.6) is 0 Å². The van der Waals surface area contributed by atoms with Gasteiger partial charge in [0.2, 0.25) is 0 Å². The van der Waals surface area contributed by atoms with Gasteiger partial charge in [0.25, 0.3) is 0 Å². The molecule has 31 heavy (non-hydrogen) atoms. The van der Waals surface area contributed by atoms with Crippen molar-refractivity contribution in [2.45, 2.75) is 24.9 Å². The van der Waals surface area contributed by atoms with Crippen LogP contribution in [0, 0.1) is 0 Å². The van der Waals surface area contributed by atoms with Crippen molar-refractivity contribution in [1.82, 2.24) is 35.4 Å². The molecule has 4 N–H and O–H groups in total. The molecule has 10 nitrogen and oxygen atoms in total. The number of fused-ring (bicyclic) bond motifs is 1. The number of aromatic amines is 1. The molecule has 158 valence electrons. The molecule has 0 spiro atoms. The Balaban J connectivity index is 1.53. The van der Waals surface area contributed by atoms with E-state index in [1.165, 1.54) is 6.20 Å². The summed E-state index contributed by atoms with van der Waals surface area (Å²) in [5, 5.41) is 14.3. The third-order valence-corrected chi connectivity index (χ3v) is 5.59. The van der Waals surface area contributed by atoms with Crippen LogP contribution in [0.25, 0.3) is 17.3 Å². The first-order chi connectivity index (χ1) is 15.2. The lowest BCUT2D eigenvalue weighted by atomic mass is 9.97. The number of anilines is 2. The van der Waals surface area contributed by atoms with E-state index in [9.17, 15) is 9.59 Å². The maximum Gasteiger partial charge on any atom is 0.344 e. The van der Waals surface area contributed by atoms with E-state index < -0.39 is 11.7 Å². The van der Waals surface area contributed by atoms with Crippen LogP contribution in [0.3, 0.4) is 0 Å². The first-order valence-electron chi connectivity index (χ1n) is 10.2. The molecular formula is C21H22N8O2. The molecule has 0 aliphatic carbocycles. The molecule has 0 bridgehead atoms. The van der Waals surface area contributed by atoms with Crippen LogP contribution in [-0.2, 0) is 4.79 Å². The highest BCUT2D eigenvalue weighted by molar-refractivity contribution is 5.79. The van der Waals surface area contributed by atoms with Gasteiger partial charge in [-0.25, -0.2) is 14.8 Å². The summed E-state index contributed by atoms with van der Waals surface area (Å²) in [4.78, 5) is 34.2. The van der Waals surface area contributed by atoms with Gasteiger partial charge in [-0.15, -0.1) is 0 Å². The van der Waals surface area contributed by atoms with Crippen molar-refractivity contribution < 1.29 is 4.79 Å². The number of aldehydes is 1. The zero-order chi connectivity index (χ0) is 21.2. The van der Waals surface area contributed by atoms with Crippen LogP contribution in [-0.4, -0.2) is 44.1 Å². The van der Waals surface area contributed by atoms with Crippen molar-refractivity contribution in [3.05, 3.63) is 58.7 Å². The Kier molecular flexibility index (Phi) is 5.04. The van der Waals surface area contributed by atoms with Gasteiger partial charge in [0.05, 0.1) is 23.6 Å². The van der Waals surface area contributed by atoms with Gasteiger partial charge in [-0.3, -0.25) is 4.68 Å². The Bertz CT molecular complexity index is 1170. The number of carbonyl (C=O) groups is 1. The molecule has 5 heterocycles. The van der Waals surface area contributed by atoms with Crippen molar-refractivity contribution in [1.29, 1.82) is 0 Å². The van der Waals surface area contributed by atoms with Crippen molar-refractivity contribution in [2.24, 2.45) is 0 Å². The second-order valence-electron chi connectivity index (χ2n) is 7.60. The van der Waals surface area contributed by atoms with Crippen molar-refractivity contribution >= 4 is 23.9 Å². The molecule has 1 atom stereocenters. The lowest BCUT2D eigenvalue weighted by molar-refractivity contribution is -0.109. The molecule has 0 aromatic carbocycles. The molecule has 3 aromatic heterocycles. The predicted molar refractivity (Wildman–Crippen MR) is 116 cm³/mol. The molecular weight excluding hydrogens is 396 g/mol. The maximum absolute atomic E-state index is 11.7. The predicted octanol–water partition coefficient (Wildman–Crippen LogP) is 1.51. The number of aromatic nitrogens is 5. The smallest absolute Gasteiger partial charge is 0.344 e. The lowest BCUT2D eigenvalue weighted by Gasteiger charge is -2.23. The van der Waals surface area contributed by atoms with E-state index in [2.05, 4.69) is 31.0 Å². The molecule has 1 fully saturated rings. The molecule has 0 amide bonds. The number of piperidine rings is 1. The molecule has 3 aromatic rings. The standard InChI is InChI=1S/C21H22N8O2/c30-12-18-19-13(1-6-23-18)7-17(14-8-24-21(31)25-9-14)28-20(19)27-15-10-26-29(11-15)16-2-4-22-5-3-16/h1,6-12,16,18,22-23H,2-5H2,(H,27,28)(H,24,25,31). The zero-order valence-corrected chi connectivity index (χ0v) is 16.7. The molecule has 10 heteroatoms. The van der Waals surface area contributed by atoms with Crippen LogP contribution in [0.1, 0.15) is 36.1 Å². The summed E-state index contributed by atoms with van der Waals surface area (Å²) in [5.41, 5.74) is 3.30. The molecule has 2 aliphatic heterocycles. The van der Waals surface area contributed by atoms with Gasteiger partial charge in [0.1, 0.15) is 18.1 Å². The summed E-state index contributed by atoms with van der Waals surface area (Å²) < 4.78 is 1.99. The van der Waals surface area contributed by atoms with Crippen LogP contribution in [0.4, 0.5) is 11.5 Å². The van der Waals surface area contributed by atoms with E-state index in [-0.39, 0.29) is 0 Å². The van der Waals surface area contributed by atoms with Gasteiger partial charge in [-0.2, -0.15) is 5.10 Å². The third kappa shape index (κ3) is 3.84. The van der Waals surface area contributed by atoms with E-state index in [0.717, 1.165) is 49.0 Å². The van der Waals surface area contributed by atoms with Gasteiger partial charge in [-0.05, 0) is 49.8 Å². The summed E-state index contributed by atoms with van der Waals surface area (Å²) in [6.07, 6.45) is 13.4. The molecule has 2 aliphatic rings. The minimum absolute atomic E-state index is 0.365. The van der Waals surface area contributed by atoms with Crippen molar-refractivity contribution in [2.75, 3.05) is 18.4 Å². The van der Waals surface area contributed by atoms with Crippen molar-refractivity contribution in [3.8, 4) is 11.3 Å². The fourth-order valence-corrected chi connectivity index (χ4v) is 4.01. The third-order valence-electron chi connectivity index (χ3n) is 5.59. The Morgan fingerprint density at radius 1 is 1.23 bits per heavy atom. The largest absolute Gasteiger partial charge is 0.378 e. The van der Waals surface area contributed by atoms with Crippen LogP contribution in [0.15, 0.2) is 41.8 Å². The van der Waals surface area contributed by atoms with E-state index in [0.29, 0.717) is 23.1 Å². The van der Waals surface area contributed by atoms with Gasteiger partial charge in [0.15, 0.2) is 0 Å². The number of pyridine rings is 1. The maximum atomic E-state index is 11.7. The average molecular weight is 418 g/mol. The number of hydrogen-bond acceptors (Lipinski definition) is 8. The van der Waals surface area contributed by atoms with E-state index in [1.807, 2.05) is 23.0 Å². The SMILES string of the molecule is O=CC1NC=Cc2cc(-c3cnc(=O)[nH]c3)nc(Nc3cnn(C4CCNCC4)c3)c21. The highest BCUT2D eigenvalue weighted by atomic mass is 16.1. The van der Waals surface area contributed by atoms with Gasteiger partial charge in [0, 0.05) is 29.7 Å². The summed E-state index contributed by atoms with van der Waals surface area (Å²) in [6, 6.07) is 1.73. The van der Waals surface area contributed by atoms with Crippen LogP contribution >= 0.6 is 0 Å². The van der Waals surface area contributed by atoms with E-state index in [4.69, 9.17) is 4.98 Å². The molecule has 1 unspecified atom stereocenters. The Morgan fingerprint density at radius 3 is 2.87 bits per heavy atom. The topological polar surface area (TPSA) is 130 Å². The molecule has 1 saturated heterocycles. The number of nitrogens with zero attached hydrogens (tertiary/aromatic N) is 4. The van der Waals surface area contributed by atoms with Gasteiger partial charge >= 0.3 is 5.69 Å². The number of carbonyl (C=O) groups excluding carboxylic acids is 1. The molecule has 5 rings (SSSR count). The number of rotatable bonds is 5. The summed E-state index contributed by atoms with van der Waals surface area (Å²) in [5.74, 6) is 0.553. The minimum atomic E-state index is -0.516. The van der Waals surface area contributed by atoms with E-state index >= 15 is 0 Å². The van der Waals surface area contributed by atoms with E-state index in [1.54, 1.807) is 18.6 Å². The number of hydrogen-bond donors (Lipinski definition) is 4. The summed E-state index contributed by atoms with van der Waals surface area (Å²) in [7, 11) is 0. The second kappa shape index (κ2) is 8.15. The van der Waals surface area contributed by atoms with Crippen LogP contribution in [0.2, 0.25) is 0 Å². The van der Waals surface area contributed by atoms with Crippen molar-refractivity contribution in [3.63, 3.8) is 0 Å². The first kappa shape index (κ1) is 19.2. The van der Waals surface area contributed by atoms with Gasteiger partial charge in [-0.1, -0.05) is 0 Å². The Labute approximate surface area is 177 Å². The fraction of sp³-hybridized carbons (Fsp3) is 0.286. The molecule has 0 saturated carbocycles. The monoisotopic (exact) mass is 418 g/mol. The zero-order valence-electron chi connectivity index (χ0n) is 16.7. The summed E-state index contributed by atoms with van der Waals surface area (Å²) >= 11 is 0. The lowest BCUT2D eigenvalue weighted by Crippen LogP contribution is -2.29. The average Bonchev–Trinajstić information content (AvgIpc) is 3.28. The molecule has 0 radical (unpaired) electrons. The number of H-pyrrole nitrogens is 1. The highest BCUT2D eigenvalue weighted by Crippen LogP contribution is 2.33. The van der Waals surface area contributed by atoms with Gasteiger partial charge < -0.3 is 25.7 Å². The highest BCUT2D eigenvalue weighted by Gasteiger charge is 2.23. The normalized spacial score (nSPS) is 18.3. The van der Waals surface area contributed by atoms with Crippen LogP contribution < -0.4 is 21.6 Å². The quantitative estimate of drug-likeness (QED) is 0.459. The summed E-state index contributed by atoms with van der Waals surface area (Å²) in [6.45, 7) is 1.97. The fourth-order valence-electron chi connectivity index (χ4n) is 4.01. The number of nitrogens with one attached hydrogen (secondary N) is 4. The Hall–Kier alpha value is -3.79. The second-order valence-corrected chi connectivity index (χ2v) is 7.60. The minimum Gasteiger partial charge on any atom is -0.378 e. The first-order valence-corrected chi connectivity index (χ1v) is 10.2.